The quantitative estimate of drug-likeness (QED) is 0.856. The van der Waals surface area contributed by atoms with Crippen LogP contribution in [-0.2, 0) is 4.74 Å². The van der Waals surface area contributed by atoms with Crippen molar-refractivity contribution in [2.75, 3.05) is 33.2 Å². The van der Waals surface area contributed by atoms with Gasteiger partial charge in [0.1, 0.15) is 11.4 Å². The Kier molecular flexibility index (Phi) is 5.04. The third kappa shape index (κ3) is 3.99. The van der Waals surface area contributed by atoms with Gasteiger partial charge in [-0.15, -0.1) is 0 Å². The number of aromatic amines is 1. The lowest BCUT2D eigenvalue weighted by Gasteiger charge is -2.33. The zero-order chi connectivity index (χ0) is 19.9. The molecule has 2 saturated heterocycles. The molecule has 1 atom stereocenters. The van der Waals surface area contributed by atoms with Crippen LogP contribution >= 0.6 is 0 Å². The summed E-state index contributed by atoms with van der Waals surface area (Å²) in [5.74, 6) is 1.93. The van der Waals surface area contributed by atoms with E-state index >= 15 is 0 Å². The molecule has 2 aliphatic rings. The molecule has 0 saturated carbocycles. The standard InChI is InChI=1S/C21H31N5O2/c1-21(2,3)28-20(27)26-11-7-14(8-12-26)16-5-9-22-19-17(16)23-18(24-19)15-6-10-25(4)13-15/h5,9,14-15H,6-8,10-13H2,1-4H3,(H,22,23,24). The van der Waals surface area contributed by atoms with Crippen LogP contribution in [0.15, 0.2) is 12.3 Å². The van der Waals surface area contributed by atoms with Crippen LogP contribution in [0.1, 0.15) is 63.3 Å². The molecular formula is C21H31N5O2. The number of piperidine rings is 1. The molecule has 1 N–H and O–H groups in total. The maximum atomic E-state index is 12.3. The van der Waals surface area contributed by atoms with E-state index in [1.807, 2.05) is 31.9 Å². The summed E-state index contributed by atoms with van der Waals surface area (Å²) in [4.78, 5) is 29.4. The second kappa shape index (κ2) is 7.35. The molecule has 0 aliphatic carbocycles. The number of likely N-dealkylation sites (tertiary alicyclic amines) is 2. The number of rotatable bonds is 2. The van der Waals surface area contributed by atoms with Crippen LogP contribution < -0.4 is 0 Å². The highest BCUT2D eigenvalue weighted by Gasteiger charge is 2.29. The van der Waals surface area contributed by atoms with E-state index in [1.165, 1.54) is 5.56 Å². The predicted molar refractivity (Wildman–Crippen MR) is 109 cm³/mol. The van der Waals surface area contributed by atoms with Gasteiger partial charge >= 0.3 is 6.09 Å². The molecule has 7 nitrogen and oxygen atoms in total. The number of fused-ring (bicyclic) bond motifs is 1. The molecule has 2 aliphatic heterocycles. The van der Waals surface area contributed by atoms with Crippen molar-refractivity contribution in [2.24, 2.45) is 0 Å². The SMILES string of the molecule is CN1CCC(c2nc3nccc(C4CCN(C(=O)OC(C)(C)C)CC4)c3[nH]2)C1. The van der Waals surface area contributed by atoms with E-state index in [1.54, 1.807) is 0 Å². The minimum absolute atomic E-state index is 0.208. The van der Waals surface area contributed by atoms with Crippen LogP contribution in [0.3, 0.4) is 0 Å². The zero-order valence-corrected chi connectivity index (χ0v) is 17.4. The molecule has 0 bridgehead atoms. The molecule has 152 valence electrons. The first-order chi connectivity index (χ1) is 13.3. The minimum Gasteiger partial charge on any atom is -0.444 e. The number of hydrogen-bond donors (Lipinski definition) is 1. The van der Waals surface area contributed by atoms with Crippen molar-refractivity contribution in [2.45, 2.75) is 57.5 Å². The van der Waals surface area contributed by atoms with Gasteiger partial charge in [0.25, 0.3) is 0 Å². The Labute approximate surface area is 166 Å². The van der Waals surface area contributed by atoms with Crippen LogP contribution in [-0.4, -0.2) is 69.7 Å². The monoisotopic (exact) mass is 385 g/mol. The fraction of sp³-hybridized carbons (Fsp3) is 0.667. The van der Waals surface area contributed by atoms with Crippen LogP contribution in [0, 0.1) is 0 Å². The number of H-pyrrole nitrogens is 1. The van der Waals surface area contributed by atoms with Gasteiger partial charge in [0.2, 0.25) is 0 Å². The van der Waals surface area contributed by atoms with Crippen LogP contribution in [0.25, 0.3) is 11.2 Å². The Balaban J connectivity index is 1.48. The molecule has 0 spiro atoms. The lowest BCUT2D eigenvalue weighted by atomic mass is 9.89. The fourth-order valence-electron chi connectivity index (χ4n) is 4.34. The topological polar surface area (TPSA) is 74.3 Å². The maximum absolute atomic E-state index is 12.3. The third-order valence-corrected chi connectivity index (χ3v) is 5.81. The first-order valence-electron chi connectivity index (χ1n) is 10.3. The smallest absolute Gasteiger partial charge is 0.410 e. The number of carbonyl (C=O) groups excluding carboxylic acids is 1. The zero-order valence-electron chi connectivity index (χ0n) is 17.4. The second-order valence-electron chi connectivity index (χ2n) is 9.21. The average Bonchev–Trinajstić information content (AvgIpc) is 3.26. The number of nitrogens with one attached hydrogen (secondary N) is 1. The Morgan fingerprint density at radius 1 is 1.18 bits per heavy atom. The number of pyridine rings is 1. The van der Waals surface area contributed by atoms with Gasteiger partial charge in [-0.3, -0.25) is 0 Å². The van der Waals surface area contributed by atoms with Gasteiger partial charge < -0.3 is 19.5 Å². The largest absolute Gasteiger partial charge is 0.444 e. The predicted octanol–water partition coefficient (Wildman–Crippen LogP) is 3.49. The number of amides is 1. The third-order valence-electron chi connectivity index (χ3n) is 5.81. The molecule has 2 aromatic rings. The lowest BCUT2D eigenvalue weighted by Crippen LogP contribution is -2.41. The van der Waals surface area contributed by atoms with E-state index in [-0.39, 0.29) is 6.09 Å². The normalized spacial score (nSPS) is 22.1. The van der Waals surface area contributed by atoms with Crippen LogP contribution in [0.5, 0.6) is 0 Å². The number of nitrogens with zero attached hydrogens (tertiary/aromatic N) is 4. The number of ether oxygens (including phenoxy) is 1. The summed E-state index contributed by atoms with van der Waals surface area (Å²) in [7, 11) is 2.16. The van der Waals surface area contributed by atoms with Gasteiger partial charge in [-0.05, 0) is 71.2 Å². The molecular weight excluding hydrogens is 354 g/mol. The van der Waals surface area contributed by atoms with Gasteiger partial charge in [0, 0.05) is 31.7 Å². The number of imidazole rings is 1. The molecule has 7 heteroatoms. The van der Waals surface area contributed by atoms with E-state index in [0.29, 0.717) is 11.8 Å². The molecule has 1 amide bonds. The van der Waals surface area contributed by atoms with Gasteiger partial charge in [0.05, 0.1) is 5.52 Å². The lowest BCUT2D eigenvalue weighted by molar-refractivity contribution is 0.0205. The molecule has 1 unspecified atom stereocenters. The van der Waals surface area contributed by atoms with E-state index in [0.717, 1.165) is 62.4 Å². The van der Waals surface area contributed by atoms with Crippen molar-refractivity contribution in [3.8, 4) is 0 Å². The maximum Gasteiger partial charge on any atom is 0.410 e. The van der Waals surface area contributed by atoms with Crippen molar-refractivity contribution in [1.82, 2.24) is 24.8 Å². The Morgan fingerprint density at radius 3 is 2.54 bits per heavy atom. The van der Waals surface area contributed by atoms with Gasteiger partial charge in [-0.25, -0.2) is 14.8 Å². The summed E-state index contributed by atoms with van der Waals surface area (Å²) < 4.78 is 5.51. The summed E-state index contributed by atoms with van der Waals surface area (Å²) in [6.45, 7) is 9.32. The fourth-order valence-corrected chi connectivity index (χ4v) is 4.34. The highest BCUT2D eigenvalue weighted by Crippen LogP contribution is 2.33. The van der Waals surface area contributed by atoms with Gasteiger partial charge in [0.15, 0.2) is 5.65 Å². The van der Waals surface area contributed by atoms with Crippen molar-refractivity contribution in [1.29, 1.82) is 0 Å². The highest BCUT2D eigenvalue weighted by molar-refractivity contribution is 5.75. The molecule has 2 aromatic heterocycles. The molecule has 4 rings (SSSR count). The molecule has 0 radical (unpaired) electrons. The molecule has 0 aromatic carbocycles. The molecule has 2 fully saturated rings. The summed E-state index contributed by atoms with van der Waals surface area (Å²) >= 11 is 0. The number of aromatic nitrogens is 3. The second-order valence-corrected chi connectivity index (χ2v) is 9.21. The highest BCUT2D eigenvalue weighted by atomic mass is 16.6. The molecule has 4 heterocycles. The Bertz CT molecular complexity index is 848. The number of carbonyl (C=O) groups is 1. The first kappa shape index (κ1) is 19.2. The van der Waals surface area contributed by atoms with E-state index < -0.39 is 5.60 Å². The average molecular weight is 386 g/mol. The van der Waals surface area contributed by atoms with Crippen molar-refractivity contribution in [3.63, 3.8) is 0 Å². The Morgan fingerprint density at radius 2 is 1.89 bits per heavy atom. The van der Waals surface area contributed by atoms with E-state index in [2.05, 4.69) is 28.0 Å². The van der Waals surface area contributed by atoms with Gasteiger partial charge in [-0.1, -0.05) is 0 Å². The van der Waals surface area contributed by atoms with Crippen molar-refractivity contribution < 1.29 is 9.53 Å². The van der Waals surface area contributed by atoms with Crippen LogP contribution in [0.4, 0.5) is 4.79 Å². The summed E-state index contributed by atoms with van der Waals surface area (Å²) in [5.41, 5.74) is 2.71. The van der Waals surface area contributed by atoms with Crippen molar-refractivity contribution in [3.05, 3.63) is 23.7 Å². The molecule has 28 heavy (non-hydrogen) atoms. The summed E-state index contributed by atoms with van der Waals surface area (Å²) in [6, 6.07) is 2.11. The minimum atomic E-state index is -0.453. The Hall–Kier alpha value is -2.15. The van der Waals surface area contributed by atoms with Crippen molar-refractivity contribution >= 4 is 17.3 Å². The first-order valence-corrected chi connectivity index (χ1v) is 10.3. The van der Waals surface area contributed by atoms with E-state index in [9.17, 15) is 4.79 Å². The van der Waals surface area contributed by atoms with Crippen LogP contribution in [0.2, 0.25) is 0 Å². The number of likely N-dealkylation sites (N-methyl/N-ethyl adjacent to an activating group) is 1. The number of hydrogen-bond acceptors (Lipinski definition) is 5. The summed E-state index contributed by atoms with van der Waals surface area (Å²) in [6.07, 6.45) is 4.65. The summed E-state index contributed by atoms with van der Waals surface area (Å²) in [5, 5.41) is 0. The van der Waals surface area contributed by atoms with Gasteiger partial charge in [-0.2, -0.15) is 0 Å². The van der Waals surface area contributed by atoms with E-state index in [4.69, 9.17) is 9.72 Å².